The third kappa shape index (κ3) is 3.06. The second-order valence-corrected chi connectivity index (χ2v) is 2.75. The van der Waals surface area contributed by atoms with Gasteiger partial charge in [0.05, 0.1) is 12.6 Å². The van der Waals surface area contributed by atoms with Gasteiger partial charge >= 0.3 is 0 Å². The maximum atomic E-state index is 5.74. The van der Waals surface area contributed by atoms with E-state index in [4.69, 9.17) is 19.7 Å². The van der Waals surface area contributed by atoms with Crippen LogP contribution in [0.3, 0.4) is 0 Å². The van der Waals surface area contributed by atoms with Crippen LogP contribution in [0, 0.1) is 0 Å². The first-order chi connectivity index (χ1) is 6.77. The van der Waals surface area contributed by atoms with E-state index in [9.17, 15) is 0 Å². The van der Waals surface area contributed by atoms with Crippen LogP contribution in [-0.4, -0.2) is 30.5 Å². The van der Waals surface area contributed by atoms with Crippen molar-refractivity contribution in [2.24, 2.45) is 5.73 Å². The summed E-state index contributed by atoms with van der Waals surface area (Å²) in [5.74, 6) is 0.875. The van der Waals surface area contributed by atoms with E-state index in [2.05, 4.69) is 10.1 Å². The molecule has 80 valence electrons. The molecule has 0 amide bonds. The number of ether oxygens (including phenoxy) is 2. The molecule has 1 aromatic rings. The number of aromatic nitrogens is 2. The summed E-state index contributed by atoms with van der Waals surface area (Å²) in [7, 11) is 1.56. The van der Waals surface area contributed by atoms with Crippen molar-refractivity contribution >= 4 is 0 Å². The first-order valence-electron chi connectivity index (χ1n) is 4.42. The Morgan fingerprint density at radius 3 is 3.00 bits per heavy atom. The molecule has 0 saturated heterocycles. The van der Waals surface area contributed by atoms with Gasteiger partial charge in [0, 0.05) is 13.7 Å². The maximum Gasteiger partial charge on any atom is 0.252 e. The summed E-state index contributed by atoms with van der Waals surface area (Å²) in [4.78, 5) is 4.05. The van der Waals surface area contributed by atoms with E-state index < -0.39 is 0 Å². The van der Waals surface area contributed by atoms with Gasteiger partial charge in [-0.2, -0.15) is 4.98 Å². The second kappa shape index (κ2) is 5.69. The zero-order valence-electron chi connectivity index (χ0n) is 8.40. The second-order valence-electron chi connectivity index (χ2n) is 2.75. The van der Waals surface area contributed by atoms with Gasteiger partial charge in [0.25, 0.3) is 5.89 Å². The molecule has 0 bridgehead atoms. The molecule has 0 aliphatic carbocycles. The topological polar surface area (TPSA) is 83.4 Å². The molecular weight excluding hydrogens is 186 g/mol. The Balaban J connectivity index is 2.48. The van der Waals surface area contributed by atoms with Gasteiger partial charge in [0.15, 0.2) is 5.82 Å². The van der Waals surface area contributed by atoms with Crippen LogP contribution in [0.4, 0.5) is 0 Å². The van der Waals surface area contributed by atoms with Crippen LogP contribution in [0.1, 0.15) is 24.7 Å². The summed E-state index contributed by atoms with van der Waals surface area (Å²) < 4.78 is 14.9. The number of rotatable bonds is 6. The van der Waals surface area contributed by atoms with Crippen LogP contribution in [-0.2, 0) is 16.1 Å². The van der Waals surface area contributed by atoms with Crippen LogP contribution in [0.25, 0.3) is 0 Å². The van der Waals surface area contributed by atoms with Crippen molar-refractivity contribution in [1.82, 2.24) is 10.1 Å². The lowest BCUT2D eigenvalue weighted by molar-refractivity contribution is 0.130. The van der Waals surface area contributed by atoms with Gasteiger partial charge in [-0.25, -0.2) is 0 Å². The lowest BCUT2D eigenvalue weighted by Crippen LogP contribution is -2.18. The zero-order chi connectivity index (χ0) is 10.4. The summed E-state index contributed by atoms with van der Waals surface area (Å²) in [6.07, 6.45) is 0. The molecule has 0 spiro atoms. The molecule has 1 aromatic heterocycles. The molecule has 0 aromatic carbocycles. The minimum atomic E-state index is -0.343. The summed E-state index contributed by atoms with van der Waals surface area (Å²) in [5, 5.41) is 3.72. The molecule has 14 heavy (non-hydrogen) atoms. The van der Waals surface area contributed by atoms with Gasteiger partial charge in [-0.3, -0.25) is 0 Å². The Labute approximate surface area is 82.4 Å². The Morgan fingerprint density at radius 1 is 1.57 bits per heavy atom. The highest BCUT2D eigenvalue weighted by Gasteiger charge is 2.13. The van der Waals surface area contributed by atoms with Crippen LogP contribution in [0.2, 0.25) is 0 Å². The first-order valence-corrected chi connectivity index (χ1v) is 4.42. The third-order valence-corrected chi connectivity index (χ3v) is 1.58. The number of nitrogens with zero attached hydrogens (tertiary/aromatic N) is 2. The zero-order valence-corrected chi connectivity index (χ0v) is 8.40. The minimum absolute atomic E-state index is 0.300. The molecule has 2 N–H and O–H groups in total. The van der Waals surface area contributed by atoms with E-state index in [0.717, 1.165) is 0 Å². The van der Waals surface area contributed by atoms with Gasteiger partial charge in [-0.05, 0) is 6.92 Å². The molecular formula is C8H15N3O3. The quantitative estimate of drug-likeness (QED) is 0.710. The monoisotopic (exact) mass is 201 g/mol. The van der Waals surface area contributed by atoms with E-state index in [-0.39, 0.29) is 6.04 Å². The van der Waals surface area contributed by atoms with E-state index in [1.54, 1.807) is 7.11 Å². The predicted octanol–water partition coefficient (Wildman–Crippen LogP) is 0.252. The lowest BCUT2D eigenvalue weighted by atomic mass is 10.3. The highest BCUT2D eigenvalue weighted by Crippen LogP contribution is 2.07. The van der Waals surface area contributed by atoms with Crippen molar-refractivity contribution in [3.05, 3.63) is 11.7 Å². The SMILES string of the molecule is CCOCC(N)c1noc(COC)n1. The fourth-order valence-corrected chi connectivity index (χ4v) is 0.920. The lowest BCUT2D eigenvalue weighted by Gasteiger charge is -2.05. The predicted molar refractivity (Wildman–Crippen MR) is 48.4 cm³/mol. The van der Waals surface area contributed by atoms with E-state index in [0.29, 0.717) is 31.5 Å². The highest BCUT2D eigenvalue weighted by atomic mass is 16.5. The molecule has 0 saturated carbocycles. The Bertz CT molecular complexity index is 264. The molecule has 0 fully saturated rings. The summed E-state index contributed by atoms with van der Waals surface area (Å²) >= 11 is 0. The first kappa shape index (κ1) is 11.1. The van der Waals surface area contributed by atoms with Gasteiger partial charge in [-0.15, -0.1) is 0 Å². The van der Waals surface area contributed by atoms with Crippen LogP contribution in [0.15, 0.2) is 4.52 Å². The molecule has 0 aliphatic heterocycles. The summed E-state index contributed by atoms with van der Waals surface area (Å²) in [6.45, 7) is 3.21. The summed E-state index contributed by atoms with van der Waals surface area (Å²) in [6, 6.07) is -0.343. The minimum Gasteiger partial charge on any atom is -0.380 e. The maximum absolute atomic E-state index is 5.74. The van der Waals surface area contributed by atoms with Crippen molar-refractivity contribution in [2.45, 2.75) is 19.6 Å². The average Bonchev–Trinajstić information content (AvgIpc) is 2.63. The average molecular weight is 201 g/mol. The smallest absolute Gasteiger partial charge is 0.252 e. The summed E-state index contributed by atoms with van der Waals surface area (Å²) in [5.41, 5.74) is 5.74. The van der Waals surface area contributed by atoms with Crippen LogP contribution >= 0.6 is 0 Å². The molecule has 0 radical (unpaired) electrons. The number of methoxy groups -OCH3 is 1. The largest absolute Gasteiger partial charge is 0.380 e. The fourth-order valence-electron chi connectivity index (χ4n) is 0.920. The Morgan fingerprint density at radius 2 is 2.36 bits per heavy atom. The fraction of sp³-hybridized carbons (Fsp3) is 0.750. The van der Waals surface area contributed by atoms with Crippen molar-refractivity contribution in [3.8, 4) is 0 Å². The van der Waals surface area contributed by atoms with Crippen LogP contribution < -0.4 is 5.73 Å². The van der Waals surface area contributed by atoms with Gasteiger partial charge in [-0.1, -0.05) is 5.16 Å². The van der Waals surface area contributed by atoms with Crippen molar-refractivity contribution < 1.29 is 14.0 Å². The number of nitrogens with two attached hydrogens (primary N) is 1. The Hall–Kier alpha value is -0.980. The molecule has 1 heterocycles. The van der Waals surface area contributed by atoms with E-state index >= 15 is 0 Å². The normalized spacial score (nSPS) is 13.1. The standard InChI is InChI=1S/C8H15N3O3/c1-3-13-4-6(9)8-10-7(5-12-2)14-11-8/h6H,3-5,9H2,1-2H3. The van der Waals surface area contributed by atoms with E-state index in [1.165, 1.54) is 0 Å². The number of hydrogen-bond donors (Lipinski definition) is 1. The molecule has 1 rings (SSSR count). The molecule has 6 nitrogen and oxygen atoms in total. The molecule has 1 unspecified atom stereocenters. The highest BCUT2D eigenvalue weighted by molar-refractivity contribution is 4.92. The van der Waals surface area contributed by atoms with Crippen molar-refractivity contribution in [1.29, 1.82) is 0 Å². The molecule has 1 atom stereocenters. The van der Waals surface area contributed by atoms with Gasteiger partial charge < -0.3 is 19.7 Å². The Kier molecular flexibility index (Phi) is 4.51. The third-order valence-electron chi connectivity index (χ3n) is 1.58. The molecule has 6 heteroatoms. The van der Waals surface area contributed by atoms with Crippen molar-refractivity contribution in [2.75, 3.05) is 20.3 Å². The van der Waals surface area contributed by atoms with Gasteiger partial charge in [0.1, 0.15) is 6.61 Å². The van der Waals surface area contributed by atoms with E-state index in [1.807, 2.05) is 6.92 Å². The van der Waals surface area contributed by atoms with Crippen molar-refractivity contribution in [3.63, 3.8) is 0 Å². The number of hydrogen-bond acceptors (Lipinski definition) is 6. The molecule has 0 aliphatic rings. The van der Waals surface area contributed by atoms with Crippen LogP contribution in [0.5, 0.6) is 0 Å². The van der Waals surface area contributed by atoms with Gasteiger partial charge in [0.2, 0.25) is 0 Å².